The van der Waals surface area contributed by atoms with Gasteiger partial charge < -0.3 is 19.5 Å². The fourth-order valence-electron chi connectivity index (χ4n) is 1.97. The van der Waals surface area contributed by atoms with Crippen molar-refractivity contribution in [3.8, 4) is 0 Å². The predicted octanol–water partition coefficient (Wildman–Crippen LogP) is 2.65. The van der Waals surface area contributed by atoms with Gasteiger partial charge in [0.2, 0.25) is 0 Å². The summed E-state index contributed by atoms with van der Waals surface area (Å²) < 4.78 is 14.8. The van der Waals surface area contributed by atoms with Crippen molar-refractivity contribution in [3.63, 3.8) is 0 Å². The molecule has 1 amide bonds. The van der Waals surface area contributed by atoms with Gasteiger partial charge in [-0.25, -0.2) is 9.59 Å². The van der Waals surface area contributed by atoms with E-state index in [1.807, 2.05) is 0 Å². The molecule has 0 heterocycles. The summed E-state index contributed by atoms with van der Waals surface area (Å²) in [5.74, 6) is -1.14. The van der Waals surface area contributed by atoms with Crippen molar-refractivity contribution in [1.82, 2.24) is 0 Å². The van der Waals surface area contributed by atoms with E-state index in [1.165, 1.54) is 32.4 Å². The molecule has 7 heteroatoms. The number of carbonyl (C=O) groups is 3. The summed E-state index contributed by atoms with van der Waals surface area (Å²) in [7, 11) is 2.46. The molecule has 0 aliphatic rings. The first-order valence-electron chi connectivity index (χ1n) is 8.02. The van der Waals surface area contributed by atoms with E-state index >= 15 is 0 Å². The molecule has 0 bridgehead atoms. The fraction of sp³-hybridized carbons (Fsp3) is 0.500. The number of nitrogens with one attached hydrogen (secondary N) is 1. The van der Waals surface area contributed by atoms with Gasteiger partial charge >= 0.3 is 11.9 Å². The van der Waals surface area contributed by atoms with Gasteiger partial charge in [0.1, 0.15) is 6.10 Å². The fourth-order valence-corrected chi connectivity index (χ4v) is 1.97. The van der Waals surface area contributed by atoms with Gasteiger partial charge in [0.05, 0.1) is 25.3 Å². The van der Waals surface area contributed by atoms with Gasteiger partial charge in [-0.3, -0.25) is 4.79 Å². The Hall–Kier alpha value is -2.41. The van der Waals surface area contributed by atoms with Gasteiger partial charge in [-0.15, -0.1) is 0 Å². The lowest BCUT2D eigenvalue weighted by Gasteiger charge is -2.15. The van der Waals surface area contributed by atoms with Crippen molar-refractivity contribution in [3.05, 3.63) is 29.3 Å². The minimum atomic E-state index is -0.665. The Kier molecular flexibility index (Phi) is 8.07. The number of ether oxygens (including phenoxy) is 3. The Bertz CT molecular complexity index is 592. The lowest BCUT2D eigenvalue weighted by atomic mass is 10.1. The smallest absolute Gasteiger partial charge is 0.337 e. The van der Waals surface area contributed by atoms with Crippen LogP contribution in [0.4, 0.5) is 5.69 Å². The molecule has 1 atom stereocenters. The Labute approximate surface area is 147 Å². The minimum Gasteiger partial charge on any atom is -0.465 e. The maximum Gasteiger partial charge on any atom is 0.337 e. The third kappa shape index (κ3) is 6.54. The van der Waals surface area contributed by atoms with Gasteiger partial charge in [-0.05, 0) is 37.5 Å². The van der Waals surface area contributed by atoms with Crippen LogP contribution in [0, 0.1) is 5.92 Å². The summed E-state index contributed by atoms with van der Waals surface area (Å²) in [6, 6.07) is 4.20. The SMILES string of the molecule is COC(=O)c1cc(NC(=O)C(C)OCCC(C)C)cc(C(=O)OC)c1. The first-order chi connectivity index (χ1) is 11.8. The van der Waals surface area contributed by atoms with Crippen molar-refractivity contribution < 1.29 is 28.6 Å². The van der Waals surface area contributed by atoms with Crippen molar-refractivity contribution in [2.75, 3.05) is 26.1 Å². The molecule has 0 aromatic heterocycles. The van der Waals surface area contributed by atoms with Crippen LogP contribution in [0.25, 0.3) is 0 Å². The number of anilines is 1. The molecule has 0 saturated carbocycles. The maximum absolute atomic E-state index is 12.2. The highest BCUT2D eigenvalue weighted by atomic mass is 16.5. The largest absolute Gasteiger partial charge is 0.465 e. The molecule has 7 nitrogen and oxygen atoms in total. The third-order valence-corrected chi connectivity index (χ3v) is 3.48. The summed E-state index contributed by atoms with van der Waals surface area (Å²) in [5.41, 5.74) is 0.552. The van der Waals surface area contributed by atoms with Crippen LogP contribution in [0.3, 0.4) is 0 Å². The highest BCUT2D eigenvalue weighted by Crippen LogP contribution is 2.17. The highest BCUT2D eigenvalue weighted by Gasteiger charge is 2.18. The lowest BCUT2D eigenvalue weighted by Crippen LogP contribution is -2.28. The van der Waals surface area contributed by atoms with Gasteiger partial charge in [-0.2, -0.15) is 0 Å². The van der Waals surface area contributed by atoms with Crippen molar-refractivity contribution in [2.24, 2.45) is 5.92 Å². The Balaban J connectivity index is 2.90. The molecule has 1 N–H and O–H groups in total. The second-order valence-corrected chi connectivity index (χ2v) is 5.97. The zero-order valence-electron chi connectivity index (χ0n) is 15.3. The van der Waals surface area contributed by atoms with E-state index in [0.29, 0.717) is 12.5 Å². The van der Waals surface area contributed by atoms with Crippen LogP contribution >= 0.6 is 0 Å². The number of methoxy groups -OCH3 is 2. The first kappa shape index (κ1) is 20.6. The number of carbonyl (C=O) groups excluding carboxylic acids is 3. The number of esters is 2. The summed E-state index contributed by atoms with van der Waals surface area (Å²) in [6.45, 7) is 6.25. The van der Waals surface area contributed by atoms with Crippen LogP contribution in [0.2, 0.25) is 0 Å². The van der Waals surface area contributed by atoms with Crippen LogP contribution in [0.5, 0.6) is 0 Å². The molecule has 1 rings (SSSR count). The monoisotopic (exact) mass is 351 g/mol. The molecule has 0 spiro atoms. The molecule has 0 aliphatic carbocycles. The molecule has 25 heavy (non-hydrogen) atoms. The van der Waals surface area contributed by atoms with Crippen LogP contribution in [0.1, 0.15) is 47.9 Å². The Morgan fingerprint density at radius 2 is 1.48 bits per heavy atom. The van der Waals surface area contributed by atoms with E-state index in [9.17, 15) is 14.4 Å². The minimum absolute atomic E-state index is 0.133. The molecule has 0 aliphatic heterocycles. The number of hydrogen-bond donors (Lipinski definition) is 1. The second-order valence-electron chi connectivity index (χ2n) is 5.97. The second kappa shape index (κ2) is 9.78. The zero-order chi connectivity index (χ0) is 19.0. The summed E-state index contributed by atoms with van der Waals surface area (Å²) in [4.78, 5) is 35.7. The summed E-state index contributed by atoms with van der Waals surface area (Å²) in [5, 5.41) is 2.64. The average molecular weight is 351 g/mol. The van der Waals surface area contributed by atoms with Crippen LogP contribution in [-0.2, 0) is 19.0 Å². The molecule has 1 unspecified atom stereocenters. The normalized spacial score (nSPS) is 11.8. The van der Waals surface area contributed by atoms with E-state index in [-0.39, 0.29) is 22.7 Å². The lowest BCUT2D eigenvalue weighted by molar-refractivity contribution is -0.126. The van der Waals surface area contributed by atoms with Crippen LogP contribution < -0.4 is 5.32 Å². The van der Waals surface area contributed by atoms with Gasteiger partial charge in [0.25, 0.3) is 5.91 Å². The van der Waals surface area contributed by atoms with E-state index in [2.05, 4.69) is 28.6 Å². The standard InChI is InChI=1S/C18H25NO6/c1-11(2)6-7-25-12(3)16(20)19-15-9-13(17(21)23-4)8-14(10-15)18(22)24-5/h8-12H,6-7H2,1-5H3,(H,19,20). The van der Waals surface area contributed by atoms with Gasteiger partial charge in [-0.1, -0.05) is 13.8 Å². The third-order valence-electron chi connectivity index (χ3n) is 3.48. The molecular weight excluding hydrogens is 326 g/mol. The molecule has 0 radical (unpaired) electrons. The van der Waals surface area contributed by atoms with Gasteiger partial charge in [0.15, 0.2) is 0 Å². The highest BCUT2D eigenvalue weighted by molar-refractivity contribution is 6.00. The van der Waals surface area contributed by atoms with Crippen LogP contribution in [0.15, 0.2) is 18.2 Å². The van der Waals surface area contributed by atoms with Crippen LogP contribution in [-0.4, -0.2) is 44.8 Å². The van der Waals surface area contributed by atoms with Crippen molar-refractivity contribution >= 4 is 23.5 Å². The van der Waals surface area contributed by atoms with E-state index in [4.69, 9.17) is 4.74 Å². The van der Waals surface area contributed by atoms with E-state index in [0.717, 1.165) is 6.42 Å². The number of benzene rings is 1. The quantitative estimate of drug-likeness (QED) is 0.724. The summed E-state index contributed by atoms with van der Waals surface area (Å²) in [6.07, 6.45) is 0.184. The zero-order valence-corrected chi connectivity index (χ0v) is 15.3. The predicted molar refractivity (Wildman–Crippen MR) is 92.6 cm³/mol. The number of rotatable bonds is 8. The Morgan fingerprint density at radius 1 is 0.960 bits per heavy atom. The number of hydrogen-bond acceptors (Lipinski definition) is 6. The van der Waals surface area contributed by atoms with Gasteiger partial charge in [0, 0.05) is 12.3 Å². The average Bonchev–Trinajstić information content (AvgIpc) is 2.59. The maximum atomic E-state index is 12.2. The topological polar surface area (TPSA) is 90.9 Å². The number of amides is 1. The molecule has 138 valence electrons. The van der Waals surface area contributed by atoms with Crippen molar-refractivity contribution in [1.29, 1.82) is 0 Å². The first-order valence-corrected chi connectivity index (χ1v) is 8.02. The van der Waals surface area contributed by atoms with E-state index in [1.54, 1.807) is 6.92 Å². The summed E-state index contributed by atoms with van der Waals surface area (Å²) >= 11 is 0. The van der Waals surface area contributed by atoms with E-state index < -0.39 is 18.0 Å². The molecule has 0 fully saturated rings. The molecular formula is C18H25NO6. The molecule has 1 aromatic carbocycles. The molecule has 1 aromatic rings. The van der Waals surface area contributed by atoms with Crippen molar-refractivity contribution in [2.45, 2.75) is 33.3 Å². The Morgan fingerprint density at radius 3 is 1.92 bits per heavy atom. The molecule has 0 saturated heterocycles.